The number of hydrogen-bond acceptors (Lipinski definition) is 2. The summed E-state index contributed by atoms with van der Waals surface area (Å²) in [5.41, 5.74) is 4.45. The zero-order chi connectivity index (χ0) is 23.1. The Balaban J connectivity index is 2.06. The average Bonchev–Trinajstić information content (AvgIpc) is 3.09. The van der Waals surface area contributed by atoms with Gasteiger partial charge < -0.3 is 4.57 Å². The van der Waals surface area contributed by atoms with Crippen molar-refractivity contribution < 1.29 is 14.0 Å². The van der Waals surface area contributed by atoms with Crippen LogP contribution in [0.3, 0.4) is 0 Å². The molecular weight excluding hydrogens is 401 g/mol. The summed E-state index contributed by atoms with van der Waals surface area (Å²) in [4.78, 5) is 24.1. The fraction of sp³-hybridized carbons (Fsp3) is 0.286. The lowest BCUT2D eigenvalue weighted by molar-refractivity contribution is -0.115. The molecule has 1 aromatic heterocycles. The van der Waals surface area contributed by atoms with Crippen molar-refractivity contribution in [3.8, 4) is 11.1 Å². The first-order valence-electron chi connectivity index (χ1n) is 11.0. The van der Waals surface area contributed by atoms with Gasteiger partial charge in [-0.15, -0.1) is 6.58 Å². The van der Waals surface area contributed by atoms with E-state index in [1.807, 2.05) is 49.4 Å². The minimum Gasteiger partial charge on any atom is -0.347 e. The summed E-state index contributed by atoms with van der Waals surface area (Å²) in [6.45, 7) is 10.0. The molecule has 0 spiro atoms. The lowest BCUT2D eigenvalue weighted by atomic mass is 9.90. The van der Waals surface area contributed by atoms with Crippen molar-refractivity contribution in [3.63, 3.8) is 0 Å². The number of nitrogens with zero attached hydrogens (tertiary/aromatic N) is 1. The van der Waals surface area contributed by atoms with Crippen LogP contribution in [0.2, 0.25) is 0 Å². The van der Waals surface area contributed by atoms with E-state index in [0.29, 0.717) is 24.9 Å². The Morgan fingerprint density at radius 3 is 2.62 bits per heavy atom. The van der Waals surface area contributed by atoms with Gasteiger partial charge in [-0.3, -0.25) is 9.59 Å². The van der Waals surface area contributed by atoms with Gasteiger partial charge in [0.2, 0.25) is 0 Å². The predicted octanol–water partition coefficient (Wildman–Crippen LogP) is 6.90. The number of rotatable bonds is 11. The lowest BCUT2D eigenvalue weighted by Gasteiger charge is -2.22. The van der Waals surface area contributed by atoms with Crippen LogP contribution in [-0.4, -0.2) is 16.6 Å². The molecule has 0 fully saturated rings. The van der Waals surface area contributed by atoms with E-state index in [2.05, 4.69) is 17.7 Å². The summed E-state index contributed by atoms with van der Waals surface area (Å²) in [5, 5.41) is 0. The molecule has 2 aromatic rings. The predicted molar refractivity (Wildman–Crippen MR) is 128 cm³/mol. The van der Waals surface area contributed by atoms with Gasteiger partial charge >= 0.3 is 0 Å². The van der Waals surface area contributed by atoms with Crippen LogP contribution < -0.4 is 0 Å². The molecule has 4 heteroatoms. The maximum Gasteiger partial charge on any atom is 0.155 e. The lowest BCUT2D eigenvalue weighted by Crippen LogP contribution is -2.14. The molecule has 0 radical (unpaired) electrons. The molecule has 0 amide bonds. The maximum atomic E-state index is 13.7. The topological polar surface area (TPSA) is 39.1 Å². The van der Waals surface area contributed by atoms with Gasteiger partial charge in [0.15, 0.2) is 12.1 Å². The fourth-order valence-electron chi connectivity index (χ4n) is 4.52. The molecule has 0 aliphatic heterocycles. The summed E-state index contributed by atoms with van der Waals surface area (Å²) in [5.74, 6) is -0.103. The van der Waals surface area contributed by atoms with Crippen molar-refractivity contribution in [2.24, 2.45) is 5.92 Å². The normalized spacial score (nSPS) is 16.3. The van der Waals surface area contributed by atoms with Crippen LogP contribution in [0.1, 0.15) is 53.3 Å². The number of carbonyl (C=O) groups excluding carboxylic acids is 2. The van der Waals surface area contributed by atoms with Crippen molar-refractivity contribution in [2.45, 2.75) is 45.1 Å². The van der Waals surface area contributed by atoms with Crippen LogP contribution in [-0.2, 0) is 11.3 Å². The summed E-state index contributed by atoms with van der Waals surface area (Å²) in [7, 11) is 0. The van der Waals surface area contributed by atoms with Crippen molar-refractivity contribution in [1.82, 2.24) is 4.57 Å². The van der Waals surface area contributed by atoms with E-state index < -0.39 is 0 Å². The third kappa shape index (κ3) is 5.13. The van der Waals surface area contributed by atoms with Gasteiger partial charge in [0.05, 0.1) is 0 Å². The number of aldehydes is 1. The van der Waals surface area contributed by atoms with Crippen LogP contribution in [0, 0.1) is 12.8 Å². The molecule has 1 aliphatic carbocycles. The zero-order valence-electron chi connectivity index (χ0n) is 18.6. The van der Waals surface area contributed by atoms with Crippen molar-refractivity contribution in [3.05, 3.63) is 96.6 Å². The van der Waals surface area contributed by atoms with Crippen molar-refractivity contribution in [2.75, 3.05) is 0 Å². The molecule has 2 atom stereocenters. The third-order valence-corrected chi connectivity index (χ3v) is 6.18. The number of allylic oxidation sites excluding steroid dienone is 6. The van der Waals surface area contributed by atoms with E-state index in [1.165, 1.54) is 12.2 Å². The fourth-order valence-corrected chi connectivity index (χ4v) is 4.52. The number of halogens is 1. The second-order valence-electron chi connectivity index (χ2n) is 8.24. The molecule has 32 heavy (non-hydrogen) atoms. The smallest absolute Gasteiger partial charge is 0.155 e. The molecular formula is C28H30FNO2. The monoisotopic (exact) mass is 431 g/mol. The SMILES string of the molecule is C=CCC(CCn1c(C)c(C=O)c(-c2ccccc2)c1C1C=CC(F)=CC1)CC(=O)C=C. The average molecular weight is 432 g/mol. The second kappa shape index (κ2) is 10.9. The standard InChI is InChI=1S/C28H30FNO2/c1-4-9-21(18-25(32)5-2)16-17-30-20(3)26(19-31)27(22-10-7-6-8-11-22)28(30)23-12-14-24(29)15-13-23/h4-8,10-12,14-15,19,21,23H,1-2,9,13,16-18H2,3H3. The molecule has 3 nitrogen and oxygen atoms in total. The molecule has 0 N–H and O–H groups in total. The number of aromatic nitrogens is 1. The van der Waals surface area contributed by atoms with E-state index in [9.17, 15) is 14.0 Å². The van der Waals surface area contributed by atoms with Crippen LogP contribution in [0.4, 0.5) is 4.39 Å². The Morgan fingerprint density at radius 2 is 2.03 bits per heavy atom. The minimum atomic E-state index is -0.234. The Labute approximate surface area is 189 Å². The van der Waals surface area contributed by atoms with Gasteiger partial charge in [-0.05, 0) is 55.9 Å². The van der Waals surface area contributed by atoms with Gasteiger partial charge in [-0.25, -0.2) is 4.39 Å². The minimum absolute atomic E-state index is 0.0238. The largest absolute Gasteiger partial charge is 0.347 e. The summed E-state index contributed by atoms with van der Waals surface area (Å²) < 4.78 is 15.9. The van der Waals surface area contributed by atoms with Gasteiger partial charge in [0, 0.05) is 41.4 Å². The van der Waals surface area contributed by atoms with E-state index in [-0.39, 0.29) is 23.4 Å². The molecule has 1 heterocycles. The van der Waals surface area contributed by atoms with E-state index in [4.69, 9.17) is 0 Å². The summed E-state index contributed by atoms with van der Waals surface area (Å²) in [6, 6.07) is 9.86. The Morgan fingerprint density at radius 1 is 1.28 bits per heavy atom. The maximum absolute atomic E-state index is 13.7. The quantitative estimate of drug-likeness (QED) is 0.220. The second-order valence-corrected chi connectivity index (χ2v) is 8.24. The molecule has 1 aliphatic rings. The van der Waals surface area contributed by atoms with E-state index >= 15 is 0 Å². The molecule has 1 aromatic carbocycles. The summed E-state index contributed by atoms with van der Waals surface area (Å²) >= 11 is 0. The highest BCUT2D eigenvalue weighted by Gasteiger charge is 2.27. The molecule has 0 bridgehead atoms. The Bertz CT molecular complexity index is 1060. The van der Waals surface area contributed by atoms with Crippen molar-refractivity contribution in [1.29, 1.82) is 0 Å². The molecule has 0 saturated heterocycles. The molecule has 3 rings (SSSR count). The molecule has 166 valence electrons. The number of hydrogen-bond donors (Lipinski definition) is 0. The van der Waals surface area contributed by atoms with Crippen LogP contribution in [0.15, 0.2) is 79.7 Å². The highest BCUT2D eigenvalue weighted by Crippen LogP contribution is 2.40. The first-order valence-corrected chi connectivity index (χ1v) is 11.0. The first-order chi connectivity index (χ1) is 15.5. The molecule has 0 saturated carbocycles. The number of ketones is 1. The van der Waals surface area contributed by atoms with E-state index in [0.717, 1.165) is 41.6 Å². The zero-order valence-corrected chi connectivity index (χ0v) is 18.6. The summed E-state index contributed by atoms with van der Waals surface area (Å²) in [6.07, 6.45) is 11.6. The van der Waals surface area contributed by atoms with Gasteiger partial charge in [0.25, 0.3) is 0 Å². The Kier molecular flexibility index (Phi) is 7.93. The Hall–Kier alpha value is -3.27. The van der Waals surface area contributed by atoms with Crippen LogP contribution in [0.5, 0.6) is 0 Å². The van der Waals surface area contributed by atoms with Gasteiger partial charge in [-0.2, -0.15) is 0 Å². The highest BCUT2D eigenvalue weighted by atomic mass is 19.1. The van der Waals surface area contributed by atoms with Gasteiger partial charge in [0.1, 0.15) is 5.83 Å². The first kappa shape index (κ1) is 23.4. The van der Waals surface area contributed by atoms with Crippen LogP contribution >= 0.6 is 0 Å². The van der Waals surface area contributed by atoms with Crippen molar-refractivity contribution >= 4 is 12.1 Å². The molecule has 2 unspecified atom stereocenters. The van der Waals surface area contributed by atoms with E-state index in [1.54, 1.807) is 6.08 Å². The van der Waals surface area contributed by atoms with Gasteiger partial charge in [-0.1, -0.05) is 49.1 Å². The highest BCUT2D eigenvalue weighted by molar-refractivity contribution is 5.91. The number of carbonyl (C=O) groups is 2. The third-order valence-electron chi connectivity index (χ3n) is 6.18. The van der Waals surface area contributed by atoms with Crippen LogP contribution in [0.25, 0.3) is 11.1 Å². The number of benzene rings is 1.